The van der Waals surface area contributed by atoms with E-state index in [0.717, 1.165) is 22.9 Å². The number of hydrogen-bond donors (Lipinski definition) is 2. The highest BCUT2D eigenvalue weighted by atomic mass is 79.9. The highest BCUT2D eigenvalue weighted by molar-refractivity contribution is 8.93. The van der Waals surface area contributed by atoms with E-state index in [1.165, 1.54) is 6.07 Å². The van der Waals surface area contributed by atoms with Crippen molar-refractivity contribution < 1.29 is 18.3 Å². The molecule has 1 heterocycles. The summed E-state index contributed by atoms with van der Waals surface area (Å²) in [4.78, 5) is 13.2. The second-order valence-electron chi connectivity index (χ2n) is 9.79. The number of phenolic OH excluding ortho intramolecular Hbond substituents is 1. The summed E-state index contributed by atoms with van der Waals surface area (Å²) in [6.45, 7) is 5.87. The summed E-state index contributed by atoms with van der Waals surface area (Å²) >= 11 is 0. The molecule has 4 rings (SSSR count). The Labute approximate surface area is 221 Å². The van der Waals surface area contributed by atoms with Crippen molar-refractivity contribution in [1.82, 2.24) is 9.13 Å². The first-order valence-corrected chi connectivity index (χ1v) is 13.1. The number of carbonyl (C=O) groups excluding carboxylic acids is 1. The van der Waals surface area contributed by atoms with Gasteiger partial charge in [0, 0.05) is 17.4 Å². The fraction of sp³-hybridized carbons (Fsp3) is 0.259. The first-order chi connectivity index (χ1) is 16.4. The summed E-state index contributed by atoms with van der Waals surface area (Å²) in [7, 11) is -3.77. The lowest BCUT2D eigenvalue weighted by Crippen LogP contribution is -2.28. The van der Waals surface area contributed by atoms with Crippen molar-refractivity contribution in [3.05, 3.63) is 89.0 Å². The summed E-state index contributed by atoms with van der Waals surface area (Å²) in [5.41, 5.74) is 2.74. The molecular formula is C27H30BrN3O4S. The Hall–Kier alpha value is -3.17. The summed E-state index contributed by atoms with van der Waals surface area (Å²) in [5, 5.41) is 19.5. The number of halogens is 1. The Morgan fingerprint density at radius 2 is 1.50 bits per heavy atom. The number of fused-ring (bicyclic) bond motifs is 1. The van der Waals surface area contributed by atoms with Gasteiger partial charge in [0.05, 0.1) is 24.1 Å². The van der Waals surface area contributed by atoms with Gasteiger partial charge in [0.15, 0.2) is 15.6 Å². The maximum atomic E-state index is 13.5. The highest BCUT2D eigenvalue weighted by Gasteiger charge is 2.27. The van der Waals surface area contributed by atoms with Gasteiger partial charge in [0.25, 0.3) is 0 Å². The molecule has 0 fully saturated rings. The van der Waals surface area contributed by atoms with Crippen molar-refractivity contribution in [2.75, 3.05) is 6.26 Å². The lowest BCUT2D eigenvalue weighted by atomic mass is 9.85. The normalized spacial score (nSPS) is 11.9. The Morgan fingerprint density at radius 3 is 2.06 bits per heavy atom. The number of ketones is 1. The first-order valence-electron chi connectivity index (χ1n) is 11.3. The number of benzene rings is 3. The number of phenols is 1. The van der Waals surface area contributed by atoms with E-state index < -0.39 is 15.3 Å². The van der Waals surface area contributed by atoms with E-state index in [9.17, 15) is 18.3 Å². The molecular weight excluding hydrogens is 542 g/mol. The molecule has 0 saturated heterocycles. The van der Waals surface area contributed by atoms with Gasteiger partial charge in [0.1, 0.15) is 10.6 Å². The molecule has 1 aromatic heterocycles. The van der Waals surface area contributed by atoms with Crippen molar-refractivity contribution in [3.63, 3.8) is 0 Å². The number of rotatable bonds is 6. The number of Topliss-reactive ketones (excluding diaryl/α,β-unsaturated/α-hetero) is 1. The quantitative estimate of drug-likeness (QED) is 0.323. The van der Waals surface area contributed by atoms with Crippen LogP contribution in [0.4, 0.5) is 0 Å². The lowest BCUT2D eigenvalue weighted by Gasteiger charge is -2.22. The SMILES string of the molecule is Br.CC(C)(C)c1cc(C(=O)Cn2c(=N)n(Cc3ccccc3)c3ccccc32)cc(S(C)(=O)=O)c1O. The largest absolute Gasteiger partial charge is 0.506 e. The van der Waals surface area contributed by atoms with E-state index in [2.05, 4.69) is 0 Å². The zero-order chi connectivity index (χ0) is 25.5. The molecule has 0 saturated carbocycles. The molecule has 9 heteroatoms. The Kier molecular flexibility index (Phi) is 7.66. The van der Waals surface area contributed by atoms with E-state index in [4.69, 9.17) is 5.41 Å². The van der Waals surface area contributed by atoms with Gasteiger partial charge >= 0.3 is 0 Å². The average molecular weight is 573 g/mol. The minimum Gasteiger partial charge on any atom is -0.506 e. The van der Waals surface area contributed by atoms with E-state index in [1.54, 1.807) is 10.6 Å². The fourth-order valence-corrected chi connectivity index (χ4v) is 5.04. The molecule has 0 aliphatic heterocycles. The zero-order valence-electron chi connectivity index (χ0n) is 20.6. The molecule has 4 aromatic rings. The number of sulfone groups is 1. The van der Waals surface area contributed by atoms with Crippen molar-refractivity contribution in [2.24, 2.45) is 0 Å². The molecule has 0 spiro atoms. The fourth-order valence-electron chi connectivity index (χ4n) is 4.24. The lowest BCUT2D eigenvalue weighted by molar-refractivity contribution is 0.0971. The number of nitrogens with zero attached hydrogens (tertiary/aromatic N) is 2. The summed E-state index contributed by atoms with van der Waals surface area (Å²) < 4.78 is 28.2. The van der Waals surface area contributed by atoms with E-state index in [0.29, 0.717) is 12.1 Å². The summed E-state index contributed by atoms with van der Waals surface area (Å²) in [6, 6.07) is 20.1. The monoisotopic (exact) mass is 571 g/mol. The molecule has 36 heavy (non-hydrogen) atoms. The number of aromatic hydroxyl groups is 1. The van der Waals surface area contributed by atoms with Crippen LogP contribution in [0, 0.1) is 5.41 Å². The van der Waals surface area contributed by atoms with Gasteiger partial charge in [-0.3, -0.25) is 10.2 Å². The Bertz CT molecular complexity index is 1600. The smallest absolute Gasteiger partial charge is 0.203 e. The van der Waals surface area contributed by atoms with Crippen molar-refractivity contribution in [3.8, 4) is 5.75 Å². The Morgan fingerprint density at radius 1 is 0.944 bits per heavy atom. The third-order valence-electron chi connectivity index (χ3n) is 6.06. The molecule has 2 N–H and O–H groups in total. The summed E-state index contributed by atoms with van der Waals surface area (Å²) in [6.07, 6.45) is 1.01. The van der Waals surface area contributed by atoms with Crippen LogP contribution >= 0.6 is 17.0 Å². The number of carbonyl (C=O) groups is 1. The van der Waals surface area contributed by atoms with Crippen LogP contribution in [0.25, 0.3) is 11.0 Å². The molecule has 0 amide bonds. The van der Waals surface area contributed by atoms with Crippen molar-refractivity contribution in [2.45, 2.75) is 44.2 Å². The van der Waals surface area contributed by atoms with Crippen LogP contribution in [0.5, 0.6) is 5.75 Å². The number of nitrogens with one attached hydrogen (secondary N) is 1. The van der Waals surface area contributed by atoms with Gasteiger partial charge in [0.2, 0.25) is 5.62 Å². The van der Waals surface area contributed by atoms with Gasteiger partial charge in [-0.1, -0.05) is 63.2 Å². The van der Waals surface area contributed by atoms with Crippen LogP contribution in [0.2, 0.25) is 0 Å². The molecule has 0 aliphatic carbocycles. The minimum atomic E-state index is -3.77. The van der Waals surface area contributed by atoms with Crippen LogP contribution in [-0.2, 0) is 28.3 Å². The molecule has 3 aromatic carbocycles. The number of aromatic nitrogens is 2. The molecule has 0 unspecified atom stereocenters. The predicted octanol–water partition coefficient (Wildman–Crippen LogP) is 4.84. The molecule has 0 atom stereocenters. The van der Waals surface area contributed by atoms with Gasteiger partial charge in [-0.2, -0.15) is 0 Å². The molecule has 0 radical (unpaired) electrons. The average Bonchev–Trinajstić information content (AvgIpc) is 3.04. The number of imidazole rings is 1. The zero-order valence-corrected chi connectivity index (χ0v) is 23.2. The van der Waals surface area contributed by atoms with Gasteiger partial charge in [-0.05, 0) is 35.2 Å². The second kappa shape index (κ2) is 10.1. The topological polar surface area (TPSA) is 105 Å². The Balaban J connectivity index is 0.00000361. The number of hydrogen-bond acceptors (Lipinski definition) is 5. The van der Waals surface area contributed by atoms with Crippen LogP contribution in [0.15, 0.2) is 71.6 Å². The maximum absolute atomic E-state index is 13.5. The van der Waals surface area contributed by atoms with E-state index >= 15 is 0 Å². The van der Waals surface area contributed by atoms with Gasteiger partial charge in [-0.15, -0.1) is 17.0 Å². The van der Waals surface area contributed by atoms with Crippen LogP contribution in [0.3, 0.4) is 0 Å². The minimum absolute atomic E-state index is 0. The van der Waals surface area contributed by atoms with Crippen LogP contribution in [-0.4, -0.2) is 34.7 Å². The molecule has 7 nitrogen and oxygen atoms in total. The molecule has 190 valence electrons. The molecule has 0 bridgehead atoms. The van der Waals surface area contributed by atoms with E-state index in [1.807, 2.05) is 79.9 Å². The van der Waals surface area contributed by atoms with Gasteiger partial charge < -0.3 is 14.2 Å². The third-order valence-corrected chi connectivity index (χ3v) is 7.17. The first kappa shape index (κ1) is 27.4. The van der Waals surface area contributed by atoms with Crippen LogP contribution < -0.4 is 5.62 Å². The van der Waals surface area contributed by atoms with Gasteiger partial charge in [-0.25, -0.2) is 8.42 Å². The maximum Gasteiger partial charge on any atom is 0.203 e. The van der Waals surface area contributed by atoms with Crippen molar-refractivity contribution in [1.29, 1.82) is 5.41 Å². The third kappa shape index (κ3) is 5.32. The van der Waals surface area contributed by atoms with Crippen LogP contribution in [0.1, 0.15) is 42.3 Å². The second-order valence-corrected chi connectivity index (χ2v) is 11.8. The highest BCUT2D eigenvalue weighted by Crippen LogP contribution is 2.37. The standard InChI is InChI=1S/C27H29N3O4S.BrH/c1-27(2,3)20-14-19(15-24(25(20)32)35(4,33)34)23(31)17-30-22-13-9-8-12-21(22)29(26(30)28)16-18-10-6-5-7-11-18;/h5-15,28,32H,16-17H2,1-4H3;1H. The predicted molar refractivity (Wildman–Crippen MR) is 146 cm³/mol. The van der Waals surface area contributed by atoms with Crippen molar-refractivity contribution >= 4 is 43.6 Å². The van der Waals surface area contributed by atoms with E-state index in [-0.39, 0.29) is 51.1 Å². The number of para-hydroxylation sites is 2. The summed E-state index contributed by atoms with van der Waals surface area (Å²) in [5.74, 6) is -0.675. The molecule has 0 aliphatic rings.